The van der Waals surface area contributed by atoms with Crippen LogP contribution in [0.15, 0.2) is 6.07 Å². The monoisotopic (exact) mass is 205 g/mol. The predicted molar refractivity (Wildman–Crippen MR) is 62.3 cm³/mol. The Kier molecular flexibility index (Phi) is 2.27. The summed E-state index contributed by atoms with van der Waals surface area (Å²) in [5.74, 6) is 0.970. The second kappa shape index (κ2) is 3.24. The van der Waals surface area contributed by atoms with Crippen LogP contribution in [0.5, 0.6) is 5.75 Å². The highest BCUT2D eigenvalue weighted by Gasteiger charge is 2.42. The summed E-state index contributed by atoms with van der Waals surface area (Å²) in [6, 6.07) is 2.10. The molecule has 0 aliphatic heterocycles. The van der Waals surface area contributed by atoms with Crippen LogP contribution >= 0.6 is 0 Å². The van der Waals surface area contributed by atoms with Crippen molar-refractivity contribution in [2.24, 2.45) is 5.73 Å². The van der Waals surface area contributed by atoms with Gasteiger partial charge in [-0.25, -0.2) is 0 Å². The summed E-state index contributed by atoms with van der Waals surface area (Å²) in [6.07, 6.45) is 2.22. The number of methoxy groups -OCH3 is 1. The molecule has 0 heterocycles. The van der Waals surface area contributed by atoms with Crippen molar-refractivity contribution in [3.8, 4) is 5.75 Å². The van der Waals surface area contributed by atoms with E-state index in [0.717, 1.165) is 18.6 Å². The molecule has 82 valence electrons. The summed E-state index contributed by atoms with van der Waals surface area (Å²) in [6.45, 7) is 6.37. The number of hydrogen-bond donors (Lipinski definition) is 1. The molecule has 0 radical (unpaired) electrons. The molecule has 15 heavy (non-hydrogen) atoms. The van der Waals surface area contributed by atoms with Crippen molar-refractivity contribution in [3.63, 3.8) is 0 Å². The first-order chi connectivity index (χ1) is 6.99. The van der Waals surface area contributed by atoms with Gasteiger partial charge in [-0.15, -0.1) is 0 Å². The van der Waals surface area contributed by atoms with Gasteiger partial charge in [0.1, 0.15) is 5.75 Å². The molecule has 1 aromatic rings. The lowest BCUT2D eigenvalue weighted by Gasteiger charge is -2.20. The van der Waals surface area contributed by atoms with Crippen LogP contribution in [0.4, 0.5) is 0 Å². The van der Waals surface area contributed by atoms with E-state index in [1.54, 1.807) is 7.11 Å². The normalized spacial score (nSPS) is 17.7. The van der Waals surface area contributed by atoms with Crippen molar-refractivity contribution in [1.82, 2.24) is 0 Å². The van der Waals surface area contributed by atoms with Gasteiger partial charge in [0.25, 0.3) is 0 Å². The number of ether oxygens (including phenoxy) is 1. The molecule has 1 saturated carbocycles. The van der Waals surface area contributed by atoms with Crippen LogP contribution in [-0.2, 0) is 5.54 Å². The lowest BCUT2D eigenvalue weighted by atomic mass is 9.91. The molecular formula is C13H19NO. The zero-order valence-electron chi connectivity index (χ0n) is 9.98. The molecule has 2 rings (SSSR count). The topological polar surface area (TPSA) is 35.2 Å². The molecule has 2 heteroatoms. The highest BCUT2D eigenvalue weighted by molar-refractivity contribution is 5.52. The number of hydrogen-bond acceptors (Lipinski definition) is 2. The standard InChI is InChI=1S/C13H19NO/c1-8-7-11(15-4)9(2)10(3)12(8)13(14)5-6-13/h7H,5-6,14H2,1-4H3. The Labute approximate surface area is 91.4 Å². The van der Waals surface area contributed by atoms with Crippen LogP contribution in [-0.4, -0.2) is 7.11 Å². The average molecular weight is 205 g/mol. The Hall–Kier alpha value is -1.02. The van der Waals surface area contributed by atoms with Crippen LogP contribution in [0.2, 0.25) is 0 Å². The highest BCUT2D eigenvalue weighted by Crippen LogP contribution is 2.47. The van der Waals surface area contributed by atoms with E-state index in [1.165, 1.54) is 22.3 Å². The van der Waals surface area contributed by atoms with Crippen molar-refractivity contribution in [1.29, 1.82) is 0 Å². The second-order valence-corrected chi connectivity index (χ2v) is 4.68. The van der Waals surface area contributed by atoms with Gasteiger partial charge in [-0.05, 0) is 61.9 Å². The molecule has 1 aliphatic carbocycles. The fraction of sp³-hybridized carbons (Fsp3) is 0.538. The van der Waals surface area contributed by atoms with Crippen LogP contribution in [0.3, 0.4) is 0 Å². The lowest BCUT2D eigenvalue weighted by molar-refractivity contribution is 0.410. The largest absolute Gasteiger partial charge is 0.496 e. The van der Waals surface area contributed by atoms with Crippen LogP contribution in [0.1, 0.15) is 35.1 Å². The van der Waals surface area contributed by atoms with Crippen molar-refractivity contribution >= 4 is 0 Å². The molecule has 0 amide bonds. The van der Waals surface area contributed by atoms with Crippen LogP contribution in [0.25, 0.3) is 0 Å². The molecule has 0 aromatic heterocycles. The average Bonchev–Trinajstić information content (AvgIpc) is 2.91. The zero-order valence-corrected chi connectivity index (χ0v) is 9.98. The molecule has 1 aromatic carbocycles. The van der Waals surface area contributed by atoms with E-state index < -0.39 is 0 Å². The SMILES string of the molecule is COc1cc(C)c(C2(N)CC2)c(C)c1C. The second-order valence-electron chi connectivity index (χ2n) is 4.68. The van der Waals surface area contributed by atoms with Gasteiger partial charge in [-0.2, -0.15) is 0 Å². The third kappa shape index (κ3) is 1.53. The Bertz CT molecular complexity index is 405. The van der Waals surface area contributed by atoms with Gasteiger partial charge in [0.05, 0.1) is 7.11 Å². The van der Waals surface area contributed by atoms with Gasteiger partial charge in [0.2, 0.25) is 0 Å². The number of rotatable bonds is 2. The molecule has 0 bridgehead atoms. The van der Waals surface area contributed by atoms with E-state index in [4.69, 9.17) is 10.5 Å². The summed E-state index contributed by atoms with van der Waals surface area (Å²) in [4.78, 5) is 0. The molecule has 1 fully saturated rings. The Morgan fingerprint density at radius 2 is 1.80 bits per heavy atom. The maximum atomic E-state index is 6.29. The van der Waals surface area contributed by atoms with Crippen LogP contribution in [0, 0.1) is 20.8 Å². The van der Waals surface area contributed by atoms with Gasteiger partial charge >= 0.3 is 0 Å². The van der Waals surface area contributed by atoms with Gasteiger partial charge in [-0.3, -0.25) is 0 Å². The van der Waals surface area contributed by atoms with Crippen molar-refractivity contribution in [2.75, 3.05) is 7.11 Å². The first kappa shape index (κ1) is 10.5. The molecule has 0 saturated heterocycles. The van der Waals surface area contributed by atoms with E-state index >= 15 is 0 Å². The molecule has 0 atom stereocenters. The first-order valence-electron chi connectivity index (χ1n) is 5.44. The molecule has 2 nitrogen and oxygen atoms in total. The minimum absolute atomic E-state index is 0.0504. The molecule has 0 spiro atoms. The number of benzene rings is 1. The minimum Gasteiger partial charge on any atom is -0.496 e. The summed E-state index contributed by atoms with van der Waals surface area (Å²) in [7, 11) is 1.72. The Balaban J connectivity index is 2.61. The van der Waals surface area contributed by atoms with E-state index in [-0.39, 0.29) is 5.54 Å². The van der Waals surface area contributed by atoms with E-state index in [9.17, 15) is 0 Å². The summed E-state index contributed by atoms with van der Waals surface area (Å²) in [5, 5.41) is 0. The molecule has 0 unspecified atom stereocenters. The Morgan fingerprint density at radius 1 is 1.20 bits per heavy atom. The number of aryl methyl sites for hydroxylation is 1. The number of nitrogens with two attached hydrogens (primary N) is 1. The summed E-state index contributed by atoms with van der Waals surface area (Å²) in [5.41, 5.74) is 11.3. The first-order valence-corrected chi connectivity index (χ1v) is 5.44. The maximum absolute atomic E-state index is 6.29. The fourth-order valence-corrected chi connectivity index (χ4v) is 2.41. The predicted octanol–water partition coefficient (Wildman–Crippen LogP) is 2.57. The van der Waals surface area contributed by atoms with Crippen molar-refractivity contribution in [3.05, 3.63) is 28.3 Å². The third-order valence-electron chi connectivity index (χ3n) is 3.56. The van der Waals surface area contributed by atoms with Crippen LogP contribution < -0.4 is 10.5 Å². The molecule has 2 N–H and O–H groups in total. The molecular weight excluding hydrogens is 186 g/mol. The fourth-order valence-electron chi connectivity index (χ4n) is 2.41. The summed E-state index contributed by atoms with van der Waals surface area (Å²) >= 11 is 0. The van der Waals surface area contributed by atoms with Crippen molar-refractivity contribution < 1.29 is 4.74 Å². The van der Waals surface area contributed by atoms with E-state index in [0.29, 0.717) is 0 Å². The van der Waals surface area contributed by atoms with Crippen molar-refractivity contribution in [2.45, 2.75) is 39.2 Å². The molecule has 1 aliphatic rings. The minimum atomic E-state index is -0.0504. The van der Waals surface area contributed by atoms with E-state index in [1.807, 2.05) is 0 Å². The zero-order chi connectivity index (χ0) is 11.2. The van der Waals surface area contributed by atoms with Gasteiger partial charge in [0, 0.05) is 5.54 Å². The third-order valence-corrected chi connectivity index (χ3v) is 3.56. The highest BCUT2D eigenvalue weighted by atomic mass is 16.5. The van der Waals surface area contributed by atoms with E-state index in [2.05, 4.69) is 26.8 Å². The smallest absolute Gasteiger partial charge is 0.122 e. The van der Waals surface area contributed by atoms with Gasteiger partial charge < -0.3 is 10.5 Å². The Morgan fingerprint density at radius 3 is 2.27 bits per heavy atom. The summed E-state index contributed by atoms with van der Waals surface area (Å²) < 4.78 is 5.35. The van der Waals surface area contributed by atoms with Gasteiger partial charge in [0.15, 0.2) is 0 Å². The lowest BCUT2D eigenvalue weighted by Crippen LogP contribution is -2.22. The van der Waals surface area contributed by atoms with Gasteiger partial charge in [-0.1, -0.05) is 0 Å². The maximum Gasteiger partial charge on any atom is 0.122 e. The quantitative estimate of drug-likeness (QED) is 0.805.